The summed E-state index contributed by atoms with van der Waals surface area (Å²) >= 11 is 0. The highest BCUT2D eigenvalue weighted by Crippen LogP contribution is 2.42. The van der Waals surface area contributed by atoms with Crippen molar-refractivity contribution in [3.63, 3.8) is 0 Å². The fraction of sp³-hybridized carbons (Fsp3) is 0.435. The Hall–Kier alpha value is -2.57. The second-order valence-corrected chi connectivity index (χ2v) is 8.14. The van der Waals surface area contributed by atoms with Gasteiger partial charge in [0, 0.05) is 18.0 Å². The van der Waals surface area contributed by atoms with Crippen molar-refractivity contribution in [3.8, 4) is 11.3 Å². The molecule has 150 valence electrons. The number of hydrogen-bond acceptors (Lipinski definition) is 5. The molecule has 0 spiro atoms. The Morgan fingerprint density at radius 2 is 1.93 bits per heavy atom. The van der Waals surface area contributed by atoms with Crippen LogP contribution in [-0.4, -0.2) is 36.8 Å². The largest absolute Gasteiger partial charge is 0.393 e. The first-order valence-electron chi connectivity index (χ1n) is 10.5. The first-order chi connectivity index (χ1) is 14.3. The molecule has 6 nitrogen and oxygen atoms in total. The van der Waals surface area contributed by atoms with Gasteiger partial charge in [0.2, 0.25) is 0 Å². The third-order valence-corrected chi connectivity index (χ3v) is 6.41. The van der Waals surface area contributed by atoms with Gasteiger partial charge < -0.3 is 14.4 Å². The van der Waals surface area contributed by atoms with Gasteiger partial charge in [0.1, 0.15) is 0 Å². The molecule has 0 amide bonds. The molecule has 1 aliphatic heterocycles. The molecule has 3 aromatic rings. The third kappa shape index (κ3) is 3.70. The zero-order valence-electron chi connectivity index (χ0n) is 16.4. The summed E-state index contributed by atoms with van der Waals surface area (Å²) in [5.74, 6) is 0.325. The van der Waals surface area contributed by atoms with E-state index in [1.165, 1.54) is 11.1 Å². The molecule has 1 N–H and O–H groups in total. The van der Waals surface area contributed by atoms with E-state index in [0.717, 1.165) is 43.5 Å². The molecule has 2 aromatic heterocycles. The van der Waals surface area contributed by atoms with Gasteiger partial charge in [-0.15, -0.1) is 0 Å². The van der Waals surface area contributed by atoms with Gasteiger partial charge in [-0.25, -0.2) is 4.98 Å². The number of fused-ring (bicyclic) bond motifs is 3. The van der Waals surface area contributed by atoms with E-state index in [1.54, 1.807) is 18.6 Å². The Morgan fingerprint density at radius 1 is 1.07 bits per heavy atom. The van der Waals surface area contributed by atoms with E-state index in [2.05, 4.69) is 43.8 Å². The van der Waals surface area contributed by atoms with Crippen LogP contribution >= 0.6 is 0 Å². The molecule has 1 aliphatic carbocycles. The minimum absolute atomic E-state index is 0.171. The van der Waals surface area contributed by atoms with Crippen LogP contribution < -0.4 is 0 Å². The highest BCUT2D eigenvalue weighted by atomic mass is 16.5. The molecule has 0 radical (unpaired) electrons. The van der Waals surface area contributed by atoms with Gasteiger partial charge in [-0.05, 0) is 43.6 Å². The van der Waals surface area contributed by atoms with Crippen LogP contribution in [0.3, 0.4) is 0 Å². The maximum absolute atomic E-state index is 11.0. The first kappa shape index (κ1) is 18.5. The van der Waals surface area contributed by atoms with Gasteiger partial charge in [-0.1, -0.05) is 24.3 Å². The van der Waals surface area contributed by atoms with Crippen molar-refractivity contribution < 1.29 is 9.84 Å². The molecule has 3 heterocycles. The number of benzene rings is 1. The van der Waals surface area contributed by atoms with E-state index < -0.39 is 0 Å². The van der Waals surface area contributed by atoms with Crippen LogP contribution in [0.4, 0.5) is 0 Å². The van der Waals surface area contributed by atoms with Crippen LogP contribution in [0.1, 0.15) is 49.4 Å². The maximum Gasteiger partial charge on any atom is 0.0956 e. The van der Waals surface area contributed by atoms with Gasteiger partial charge in [-0.3, -0.25) is 9.97 Å². The Labute approximate surface area is 170 Å². The predicted molar refractivity (Wildman–Crippen MR) is 109 cm³/mol. The topological polar surface area (TPSA) is 73.1 Å². The summed E-state index contributed by atoms with van der Waals surface area (Å²) < 4.78 is 8.23. The molecule has 5 rings (SSSR count). The van der Waals surface area contributed by atoms with E-state index in [9.17, 15) is 5.11 Å². The summed E-state index contributed by atoms with van der Waals surface area (Å²) in [6, 6.07) is 8.64. The second-order valence-electron chi connectivity index (χ2n) is 8.14. The molecular weight excluding hydrogens is 364 g/mol. The monoisotopic (exact) mass is 390 g/mol. The van der Waals surface area contributed by atoms with Crippen molar-refractivity contribution in [1.29, 1.82) is 0 Å². The molecule has 29 heavy (non-hydrogen) atoms. The number of hydrogen-bond donors (Lipinski definition) is 1. The van der Waals surface area contributed by atoms with Gasteiger partial charge in [-0.2, -0.15) is 0 Å². The number of rotatable bonds is 6. The standard InChI is InChI=1S/C23H26N4O2/c28-23(11-21-19-3-1-2-4-20(19)22-13-25-15-27(21)22)16-5-7-18(8-6-16)29-14-17-12-24-9-10-26-17/h1-4,9-10,12-13,15-16,18,21,23,28H,5-8,11,14H2. The average Bonchev–Trinajstić information content (AvgIpc) is 3.36. The molecule has 6 heteroatoms. The third-order valence-electron chi connectivity index (χ3n) is 6.41. The SMILES string of the molecule is OC(CC1c2ccccc2-c2cncn21)C1CCC(OCc2cnccn2)CC1. The van der Waals surface area contributed by atoms with Crippen LogP contribution in [0, 0.1) is 5.92 Å². The number of imidazole rings is 1. The first-order valence-corrected chi connectivity index (χ1v) is 10.5. The predicted octanol–water partition coefficient (Wildman–Crippen LogP) is 3.77. The molecule has 1 saturated carbocycles. The maximum atomic E-state index is 11.0. The average molecular weight is 390 g/mol. The summed E-state index contributed by atoms with van der Waals surface area (Å²) in [7, 11) is 0. The zero-order valence-corrected chi connectivity index (χ0v) is 16.4. The van der Waals surface area contributed by atoms with Crippen molar-refractivity contribution in [2.75, 3.05) is 0 Å². The Kier molecular flexibility index (Phi) is 5.12. The summed E-state index contributed by atoms with van der Waals surface area (Å²) in [4.78, 5) is 12.7. The smallest absolute Gasteiger partial charge is 0.0956 e. The van der Waals surface area contributed by atoms with E-state index in [4.69, 9.17) is 4.74 Å². The lowest BCUT2D eigenvalue weighted by Crippen LogP contribution is -2.30. The van der Waals surface area contributed by atoms with Crippen LogP contribution in [0.15, 0.2) is 55.4 Å². The Morgan fingerprint density at radius 3 is 2.76 bits per heavy atom. The van der Waals surface area contributed by atoms with Crippen molar-refractivity contribution in [3.05, 3.63) is 66.6 Å². The summed E-state index contributed by atoms with van der Waals surface area (Å²) in [5, 5.41) is 11.0. The van der Waals surface area contributed by atoms with Gasteiger partial charge in [0.05, 0.1) is 55.0 Å². The van der Waals surface area contributed by atoms with Crippen molar-refractivity contribution in [2.24, 2.45) is 5.92 Å². The molecule has 1 fully saturated rings. The van der Waals surface area contributed by atoms with E-state index in [0.29, 0.717) is 12.5 Å². The fourth-order valence-corrected chi connectivity index (χ4v) is 4.84. The van der Waals surface area contributed by atoms with Crippen LogP contribution in [0.2, 0.25) is 0 Å². The zero-order chi connectivity index (χ0) is 19.6. The lowest BCUT2D eigenvalue weighted by atomic mass is 9.81. The number of ether oxygens (including phenoxy) is 1. The fourth-order valence-electron chi connectivity index (χ4n) is 4.84. The number of aliphatic hydroxyl groups excluding tert-OH is 1. The minimum Gasteiger partial charge on any atom is -0.393 e. The number of aromatic nitrogens is 4. The molecule has 2 atom stereocenters. The Balaban J connectivity index is 1.17. The van der Waals surface area contributed by atoms with Crippen molar-refractivity contribution in [2.45, 2.75) is 57.0 Å². The molecule has 0 bridgehead atoms. The molecule has 1 aromatic carbocycles. The Bertz CT molecular complexity index is 950. The summed E-state index contributed by atoms with van der Waals surface area (Å²) in [6.07, 6.45) is 13.6. The second kappa shape index (κ2) is 8.05. The van der Waals surface area contributed by atoms with Crippen LogP contribution in [0.5, 0.6) is 0 Å². The van der Waals surface area contributed by atoms with E-state index in [-0.39, 0.29) is 18.2 Å². The molecular formula is C23H26N4O2. The van der Waals surface area contributed by atoms with Crippen LogP contribution in [-0.2, 0) is 11.3 Å². The van der Waals surface area contributed by atoms with Crippen molar-refractivity contribution >= 4 is 0 Å². The summed E-state index contributed by atoms with van der Waals surface area (Å²) in [5.41, 5.74) is 4.55. The van der Waals surface area contributed by atoms with Crippen molar-refractivity contribution in [1.82, 2.24) is 19.5 Å². The quantitative estimate of drug-likeness (QED) is 0.694. The highest BCUT2D eigenvalue weighted by Gasteiger charge is 2.33. The van der Waals surface area contributed by atoms with E-state index in [1.807, 2.05) is 12.5 Å². The minimum atomic E-state index is -0.317. The summed E-state index contributed by atoms with van der Waals surface area (Å²) in [6.45, 7) is 0.508. The lowest BCUT2D eigenvalue weighted by Gasteiger charge is -2.32. The molecule has 0 saturated heterocycles. The highest BCUT2D eigenvalue weighted by molar-refractivity contribution is 5.68. The van der Waals surface area contributed by atoms with Gasteiger partial charge in [0.15, 0.2) is 0 Å². The van der Waals surface area contributed by atoms with Gasteiger partial charge in [0.25, 0.3) is 0 Å². The number of nitrogens with zero attached hydrogens (tertiary/aromatic N) is 4. The normalized spacial score (nSPS) is 24.1. The van der Waals surface area contributed by atoms with Crippen LogP contribution in [0.25, 0.3) is 11.3 Å². The van der Waals surface area contributed by atoms with Gasteiger partial charge >= 0.3 is 0 Å². The molecule has 2 unspecified atom stereocenters. The lowest BCUT2D eigenvalue weighted by molar-refractivity contribution is -0.0170. The van der Waals surface area contributed by atoms with E-state index >= 15 is 0 Å². The molecule has 2 aliphatic rings. The number of aliphatic hydroxyl groups is 1.